The molecule has 4 aromatic heterocycles. The number of aromatic nitrogens is 7. The minimum absolute atomic E-state index is 0.245. The second-order valence-electron chi connectivity index (χ2n) is 6.26. The van der Waals surface area contributed by atoms with E-state index in [4.69, 9.17) is 11.6 Å². The third-order valence-corrected chi connectivity index (χ3v) is 4.74. The molecule has 9 nitrogen and oxygen atoms in total. The van der Waals surface area contributed by atoms with Crippen LogP contribution in [0.5, 0.6) is 0 Å². The SMILES string of the molecule is O=C(c1cc2ncc(Cl)cn2n1)N1CCn2c(nnc2-c2cccnc2F)C1. The topological polar surface area (TPSA) is 94.1 Å². The first-order valence-electron chi connectivity index (χ1n) is 8.43. The van der Waals surface area contributed by atoms with Crippen molar-refractivity contribution in [2.24, 2.45) is 0 Å². The number of amides is 1. The van der Waals surface area contributed by atoms with Crippen molar-refractivity contribution in [1.29, 1.82) is 0 Å². The van der Waals surface area contributed by atoms with Crippen LogP contribution >= 0.6 is 11.6 Å². The van der Waals surface area contributed by atoms with Crippen LogP contribution < -0.4 is 0 Å². The van der Waals surface area contributed by atoms with E-state index in [9.17, 15) is 9.18 Å². The van der Waals surface area contributed by atoms with Gasteiger partial charge in [-0.15, -0.1) is 10.2 Å². The molecular formula is C17H12ClFN8O. The van der Waals surface area contributed by atoms with Gasteiger partial charge in [-0.3, -0.25) is 4.79 Å². The predicted octanol–water partition coefficient (Wildman–Crippen LogP) is 1.83. The average Bonchev–Trinajstić information content (AvgIpc) is 3.31. The van der Waals surface area contributed by atoms with Crippen molar-refractivity contribution >= 4 is 23.2 Å². The predicted molar refractivity (Wildman–Crippen MR) is 95.9 cm³/mol. The summed E-state index contributed by atoms with van der Waals surface area (Å²) in [4.78, 5) is 22.3. The van der Waals surface area contributed by atoms with Crippen LogP contribution in [0, 0.1) is 5.95 Å². The number of nitrogens with zero attached hydrogens (tertiary/aromatic N) is 8. The molecule has 1 aliphatic heterocycles. The highest BCUT2D eigenvalue weighted by Crippen LogP contribution is 2.23. The molecule has 0 saturated heterocycles. The number of fused-ring (bicyclic) bond motifs is 2. The summed E-state index contributed by atoms with van der Waals surface area (Å²) in [5.41, 5.74) is 1.08. The number of hydrogen-bond acceptors (Lipinski definition) is 6. The zero-order chi connectivity index (χ0) is 19.3. The van der Waals surface area contributed by atoms with Gasteiger partial charge in [0.25, 0.3) is 5.91 Å². The molecular weight excluding hydrogens is 387 g/mol. The second-order valence-corrected chi connectivity index (χ2v) is 6.70. The van der Waals surface area contributed by atoms with Gasteiger partial charge in [-0.25, -0.2) is 14.5 Å². The van der Waals surface area contributed by atoms with E-state index < -0.39 is 5.95 Å². The lowest BCUT2D eigenvalue weighted by Crippen LogP contribution is -2.38. The zero-order valence-corrected chi connectivity index (χ0v) is 15.1. The van der Waals surface area contributed by atoms with Crippen LogP contribution in [-0.4, -0.2) is 51.7 Å². The quantitative estimate of drug-likeness (QED) is 0.478. The Morgan fingerprint density at radius 2 is 2.11 bits per heavy atom. The van der Waals surface area contributed by atoms with E-state index in [2.05, 4.69) is 25.3 Å². The summed E-state index contributed by atoms with van der Waals surface area (Å²) in [6.45, 7) is 1.10. The van der Waals surface area contributed by atoms with Crippen molar-refractivity contribution in [3.8, 4) is 11.4 Å². The molecule has 0 atom stereocenters. The van der Waals surface area contributed by atoms with Crippen molar-refractivity contribution in [3.63, 3.8) is 0 Å². The molecule has 0 aliphatic carbocycles. The summed E-state index contributed by atoms with van der Waals surface area (Å²) >= 11 is 5.91. The second kappa shape index (κ2) is 6.34. The van der Waals surface area contributed by atoms with Gasteiger partial charge in [0.1, 0.15) is 0 Å². The zero-order valence-electron chi connectivity index (χ0n) is 14.3. The molecule has 28 heavy (non-hydrogen) atoms. The molecule has 11 heteroatoms. The van der Waals surface area contributed by atoms with Crippen LogP contribution in [0.2, 0.25) is 5.02 Å². The molecule has 0 saturated carbocycles. The third kappa shape index (κ3) is 2.69. The summed E-state index contributed by atoms with van der Waals surface area (Å²) < 4.78 is 17.3. The summed E-state index contributed by atoms with van der Waals surface area (Å²) in [5, 5.41) is 12.9. The number of carbonyl (C=O) groups excluding carboxylic acids is 1. The van der Waals surface area contributed by atoms with Gasteiger partial charge in [0.05, 0.1) is 23.3 Å². The van der Waals surface area contributed by atoms with Crippen molar-refractivity contribution < 1.29 is 9.18 Å². The Hall–Kier alpha value is -3.40. The Morgan fingerprint density at radius 3 is 2.96 bits per heavy atom. The summed E-state index contributed by atoms with van der Waals surface area (Å²) in [7, 11) is 0. The molecule has 1 amide bonds. The van der Waals surface area contributed by atoms with E-state index in [1.807, 2.05) is 0 Å². The molecule has 0 radical (unpaired) electrons. The number of hydrogen-bond donors (Lipinski definition) is 0. The van der Waals surface area contributed by atoms with Crippen molar-refractivity contribution in [1.82, 2.24) is 39.2 Å². The minimum atomic E-state index is -0.605. The van der Waals surface area contributed by atoms with Crippen molar-refractivity contribution in [2.45, 2.75) is 13.1 Å². The molecule has 0 bridgehead atoms. The fourth-order valence-corrected chi connectivity index (χ4v) is 3.34. The van der Waals surface area contributed by atoms with E-state index in [0.717, 1.165) is 0 Å². The lowest BCUT2D eigenvalue weighted by atomic mass is 10.2. The maximum Gasteiger partial charge on any atom is 0.274 e. The third-order valence-electron chi connectivity index (χ3n) is 4.54. The van der Waals surface area contributed by atoms with Gasteiger partial charge < -0.3 is 9.47 Å². The first-order chi connectivity index (χ1) is 13.6. The first-order valence-corrected chi connectivity index (χ1v) is 8.81. The summed E-state index contributed by atoms with van der Waals surface area (Å²) in [5.74, 6) is 0.124. The van der Waals surface area contributed by atoms with Crippen LogP contribution in [-0.2, 0) is 13.1 Å². The van der Waals surface area contributed by atoms with E-state index in [0.29, 0.717) is 35.4 Å². The van der Waals surface area contributed by atoms with Gasteiger partial charge in [0, 0.05) is 31.5 Å². The van der Waals surface area contributed by atoms with Crippen LogP contribution in [0.4, 0.5) is 4.39 Å². The van der Waals surface area contributed by atoms with Gasteiger partial charge >= 0.3 is 0 Å². The summed E-state index contributed by atoms with van der Waals surface area (Å²) in [6.07, 6.45) is 4.46. The largest absolute Gasteiger partial charge is 0.328 e. The minimum Gasteiger partial charge on any atom is -0.328 e. The van der Waals surface area contributed by atoms with Crippen LogP contribution in [0.3, 0.4) is 0 Å². The van der Waals surface area contributed by atoms with Gasteiger partial charge in [-0.05, 0) is 12.1 Å². The molecule has 140 valence electrons. The van der Waals surface area contributed by atoms with Crippen LogP contribution in [0.1, 0.15) is 16.3 Å². The average molecular weight is 399 g/mol. The van der Waals surface area contributed by atoms with E-state index in [1.165, 1.54) is 16.9 Å². The molecule has 0 aromatic carbocycles. The molecule has 4 aromatic rings. The molecule has 1 aliphatic rings. The lowest BCUT2D eigenvalue weighted by molar-refractivity contribution is 0.0701. The van der Waals surface area contributed by atoms with Crippen molar-refractivity contribution in [3.05, 3.63) is 59.3 Å². The Balaban J connectivity index is 1.43. The number of carbonyl (C=O) groups is 1. The van der Waals surface area contributed by atoms with Gasteiger partial charge in [0.15, 0.2) is 23.0 Å². The highest BCUT2D eigenvalue weighted by molar-refractivity contribution is 6.30. The molecule has 0 N–H and O–H groups in total. The fraction of sp³-hybridized carbons (Fsp3) is 0.176. The molecule has 0 fully saturated rings. The molecule has 0 unspecified atom stereocenters. The molecule has 5 heterocycles. The Kier molecular flexibility index (Phi) is 3.79. The monoisotopic (exact) mass is 398 g/mol. The smallest absolute Gasteiger partial charge is 0.274 e. The normalized spacial score (nSPS) is 13.7. The Bertz CT molecular complexity index is 1220. The number of pyridine rings is 1. The van der Waals surface area contributed by atoms with E-state index >= 15 is 0 Å². The Labute approximate surface area is 162 Å². The van der Waals surface area contributed by atoms with Crippen LogP contribution in [0.15, 0.2) is 36.8 Å². The molecule has 5 rings (SSSR count). The molecule has 0 spiro atoms. The number of halogens is 2. The lowest BCUT2D eigenvalue weighted by Gasteiger charge is -2.27. The van der Waals surface area contributed by atoms with Gasteiger partial charge in [0.2, 0.25) is 5.95 Å². The fourth-order valence-electron chi connectivity index (χ4n) is 3.20. The van der Waals surface area contributed by atoms with Crippen molar-refractivity contribution in [2.75, 3.05) is 6.54 Å². The van der Waals surface area contributed by atoms with Crippen LogP contribution in [0.25, 0.3) is 17.0 Å². The van der Waals surface area contributed by atoms with Gasteiger partial charge in [-0.1, -0.05) is 11.6 Å². The first kappa shape index (κ1) is 16.8. The van der Waals surface area contributed by atoms with E-state index in [1.54, 1.807) is 33.9 Å². The Morgan fingerprint density at radius 1 is 1.21 bits per heavy atom. The van der Waals surface area contributed by atoms with Gasteiger partial charge in [-0.2, -0.15) is 9.49 Å². The summed E-state index contributed by atoms with van der Waals surface area (Å²) in [6, 6.07) is 4.85. The maximum atomic E-state index is 14.0. The highest BCUT2D eigenvalue weighted by atomic mass is 35.5. The standard InChI is InChI=1S/C17H12ClFN8O/c18-10-7-21-13-6-12(24-27(13)8-10)17(28)25-4-5-26-14(9-25)22-23-16(26)11-2-1-3-20-15(11)19/h1-3,6-8H,4-5,9H2. The maximum absolute atomic E-state index is 14.0. The number of rotatable bonds is 2. The van der Waals surface area contributed by atoms with E-state index in [-0.39, 0.29) is 23.7 Å². The highest BCUT2D eigenvalue weighted by Gasteiger charge is 2.28.